The molecule has 5 nitrogen and oxygen atoms in total. The van der Waals surface area contributed by atoms with Crippen LogP contribution in [-0.2, 0) is 4.79 Å². The lowest BCUT2D eigenvalue weighted by atomic mass is 10.2. The number of benzene rings is 1. The molecule has 0 spiro atoms. The van der Waals surface area contributed by atoms with Crippen LogP contribution < -0.4 is 19.9 Å². The van der Waals surface area contributed by atoms with Gasteiger partial charge in [-0.2, -0.15) is 0 Å². The number of nitrogens with one attached hydrogen (secondary N) is 3. The van der Waals surface area contributed by atoms with Gasteiger partial charge in [0, 0.05) is 5.02 Å². The third-order valence-electron chi connectivity index (χ3n) is 4.01. The van der Waals surface area contributed by atoms with Crippen molar-refractivity contribution < 1.29 is 19.3 Å². The minimum atomic E-state index is 0.00511. The lowest BCUT2D eigenvalue weighted by Gasteiger charge is -2.28. The quantitative estimate of drug-likeness (QED) is 0.659. The van der Waals surface area contributed by atoms with Crippen molar-refractivity contribution in [2.75, 3.05) is 51.7 Å². The first-order chi connectivity index (χ1) is 10.1. The summed E-state index contributed by atoms with van der Waals surface area (Å²) in [5.41, 5.74) is 0.632. The standard InChI is InChI=1S/C15H22ClN3O2/c1-3-18-6-8-19(9-7-18)11-15(20)17-13-10-12(16)4-5-14(13)21-2/h4-5,10H,3,6-9,11H2,1-2H3,(H,17,20)/p+2. The van der Waals surface area contributed by atoms with Gasteiger partial charge in [0.2, 0.25) is 0 Å². The molecule has 0 bridgehead atoms. The summed E-state index contributed by atoms with van der Waals surface area (Å²) in [7, 11) is 1.58. The van der Waals surface area contributed by atoms with Gasteiger partial charge < -0.3 is 19.9 Å². The van der Waals surface area contributed by atoms with Crippen LogP contribution in [0.4, 0.5) is 5.69 Å². The average Bonchev–Trinajstić information content (AvgIpc) is 2.48. The first kappa shape index (κ1) is 16.1. The SMILES string of the molecule is CC[NH+]1CC[NH+](CC(=O)Nc2cc(Cl)ccc2OC)CC1. The number of piperazine rings is 1. The first-order valence-electron chi connectivity index (χ1n) is 7.43. The van der Waals surface area contributed by atoms with Crippen LogP contribution in [-0.4, -0.2) is 52.3 Å². The fourth-order valence-electron chi connectivity index (χ4n) is 2.69. The highest BCUT2D eigenvalue weighted by Crippen LogP contribution is 2.27. The molecule has 1 fully saturated rings. The Hall–Kier alpha value is -1.30. The van der Waals surface area contributed by atoms with Crippen LogP contribution in [0.5, 0.6) is 5.75 Å². The Labute approximate surface area is 130 Å². The maximum Gasteiger partial charge on any atom is 0.279 e. The fourth-order valence-corrected chi connectivity index (χ4v) is 2.86. The molecule has 0 atom stereocenters. The van der Waals surface area contributed by atoms with Crippen molar-refractivity contribution in [3.8, 4) is 5.75 Å². The van der Waals surface area contributed by atoms with Crippen LogP contribution in [0.3, 0.4) is 0 Å². The second-order valence-corrected chi connectivity index (χ2v) is 5.86. The molecule has 21 heavy (non-hydrogen) atoms. The third kappa shape index (κ3) is 4.59. The maximum atomic E-state index is 12.2. The van der Waals surface area contributed by atoms with Crippen molar-refractivity contribution in [1.82, 2.24) is 0 Å². The highest BCUT2D eigenvalue weighted by Gasteiger charge is 2.23. The lowest BCUT2D eigenvalue weighted by Crippen LogP contribution is -3.28. The summed E-state index contributed by atoms with van der Waals surface area (Å²) in [4.78, 5) is 15.1. The zero-order valence-corrected chi connectivity index (χ0v) is 13.4. The summed E-state index contributed by atoms with van der Waals surface area (Å²) in [6.07, 6.45) is 0. The number of likely N-dealkylation sites (N-methyl/N-ethyl adjacent to an activating group) is 1. The summed E-state index contributed by atoms with van der Waals surface area (Å²) in [5, 5.41) is 3.48. The summed E-state index contributed by atoms with van der Waals surface area (Å²) in [6, 6.07) is 5.22. The minimum Gasteiger partial charge on any atom is -0.495 e. The molecule has 1 aromatic carbocycles. The highest BCUT2D eigenvalue weighted by atomic mass is 35.5. The Morgan fingerprint density at radius 2 is 1.95 bits per heavy atom. The maximum absolute atomic E-state index is 12.2. The number of hydrogen-bond donors (Lipinski definition) is 3. The summed E-state index contributed by atoms with van der Waals surface area (Å²) < 4.78 is 5.24. The molecule has 0 aromatic heterocycles. The number of hydrogen-bond acceptors (Lipinski definition) is 2. The second kappa shape index (κ2) is 7.64. The van der Waals surface area contributed by atoms with E-state index in [1.165, 1.54) is 11.4 Å². The predicted octanol–water partition coefficient (Wildman–Crippen LogP) is -0.910. The Kier molecular flexibility index (Phi) is 5.85. The number of rotatable bonds is 5. The molecule has 3 N–H and O–H groups in total. The van der Waals surface area contributed by atoms with Gasteiger partial charge in [0.25, 0.3) is 5.91 Å². The van der Waals surface area contributed by atoms with Crippen molar-refractivity contribution in [2.45, 2.75) is 6.92 Å². The van der Waals surface area contributed by atoms with E-state index in [4.69, 9.17) is 16.3 Å². The molecular weight excluding hydrogens is 290 g/mol. The zero-order valence-electron chi connectivity index (χ0n) is 12.7. The summed E-state index contributed by atoms with van der Waals surface area (Å²) in [5.74, 6) is 0.633. The molecule has 0 saturated carbocycles. The first-order valence-corrected chi connectivity index (χ1v) is 7.80. The number of carbonyl (C=O) groups excluding carboxylic acids is 1. The molecule has 2 rings (SSSR count). The van der Waals surface area contributed by atoms with Crippen LogP contribution in [0, 0.1) is 0 Å². The topological polar surface area (TPSA) is 47.2 Å². The Balaban J connectivity index is 1.89. The molecule has 1 aliphatic rings. The normalized spacial score (nSPS) is 21.9. The van der Waals surface area contributed by atoms with Crippen molar-refractivity contribution in [3.05, 3.63) is 23.2 Å². The number of halogens is 1. The molecule has 1 saturated heterocycles. The van der Waals surface area contributed by atoms with Gasteiger partial charge in [0.15, 0.2) is 6.54 Å². The number of amides is 1. The van der Waals surface area contributed by atoms with Gasteiger partial charge >= 0.3 is 0 Å². The van der Waals surface area contributed by atoms with E-state index in [0.717, 1.165) is 26.2 Å². The van der Waals surface area contributed by atoms with Crippen molar-refractivity contribution in [2.24, 2.45) is 0 Å². The van der Waals surface area contributed by atoms with Crippen molar-refractivity contribution in [3.63, 3.8) is 0 Å². The minimum absolute atomic E-state index is 0.00511. The molecule has 0 aliphatic carbocycles. The molecule has 1 aromatic rings. The average molecular weight is 314 g/mol. The Morgan fingerprint density at radius 1 is 1.29 bits per heavy atom. The monoisotopic (exact) mass is 313 g/mol. The molecule has 1 amide bonds. The smallest absolute Gasteiger partial charge is 0.279 e. The van der Waals surface area contributed by atoms with Gasteiger partial charge in [-0.05, 0) is 25.1 Å². The van der Waals surface area contributed by atoms with E-state index in [9.17, 15) is 4.79 Å². The van der Waals surface area contributed by atoms with E-state index in [1.54, 1.807) is 30.2 Å². The molecular formula is C15H24ClN3O2+2. The number of anilines is 1. The van der Waals surface area contributed by atoms with E-state index in [-0.39, 0.29) is 5.91 Å². The van der Waals surface area contributed by atoms with Gasteiger partial charge in [0.1, 0.15) is 31.9 Å². The number of methoxy groups -OCH3 is 1. The molecule has 0 radical (unpaired) electrons. The molecule has 6 heteroatoms. The second-order valence-electron chi connectivity index (χ2n) is 5.42. The van der Waals surface area contributed by atoms with Gasteiger partial charge in [0.05, 0.1) is 19.3 Å². The van der Waals surface area contributed by atoms with Crippen LogP contribution in [0.2, 0.25) is 5.02 Å². The van der Waals surface area contributed by atoms with Gasteiger partial charge in [-0.3, -0.25) is 4.79 Å². The van der Waals surface area contributed by atoms with Crippen LogP contribution >= 0.6 is 11.6 Å². The van der Waals surface area contributed by atoms with E-state index in [1.807, 2.05) is 0 Å². The van der Waals surface area contributed by atoms with Crippen molar-refractivity contribution in [1.29, 1.82) is 0 Å². The third-order valence-corrected chi connectivity index (χ3v) is 4.25. The predicted molar refractivity (Wildman–Crippen MR) is 83.4 cm³/mol. The summed E-state index contributed by atoms with van der Waals surface area (Å²) in [6.45, 7) is 8.23. The van der Waals surface area contributed by atoms with Crippen LogP contribution in [0.15, 0.2) is 18.2 Å². The molecule has 1 aliphatic heterocycles. The Morgan fingerprint density at radius 3 is 2.57 bits per heavy atom. The number of ether oxygens (including phenoxy) is 1. The molecule has 1 heterocycles. The molecule has 116 valence electrons. The fraction of sp³-hybridized carbons (Fsp3) is 0.533. The largest absolute Gasteiger partial charge is 0.495 e. The summed E-state index contributed by atoms with van der Waals surface area (Å²) >= 11 is 5.97. The van der Waals surface area contributed by atoms with E-state index in [0.29, 0.717) is 23.0 Å². The molecule has 0 unspecified atom stereocenters. The highest BCUT2D eigenvalue weighted by molar-refractivity contribution is 6.31. The van der Waals surface area contributed by atoms with Gasteiger partial charge in [-0.25, -0.2) is 0 Å². The Bertz CT molecular complexity index is 488. The van der Waals surface area contributed by atoms with Crippen LogP contribution in [0.1, 0.15) is 6.92 Å². The lowest BCUT2D eigenvalue weighted by molar-refractivity contribution is -1.01. The zero-order chi connectivity index (χ0) is 15.2. The van der Waals surface area contributed by atoms with Gasteiger partial charge in [-0.15, -0.1) is 0 Å². The number of carbonyl (C=O) groups is 1. The number of quaternary nitrogens is 2. The van der Waals surface area contributed by atoms with E-state index in [2.05, 4.69) is 12.2 Å². The van der Waals surface area contributed by atoms with E-state index >= 15 is 0 Å². The van der Waals surface area contributed by atoms with E-state index < -0.39 is 0 Å². The van der Waals surface area contributed by atoms with Crippen molar-refractivity contribution >= 4 is 23.2 Å². The van der Waals surface area contributed by atoms with Gasteiger partial charge in [-0.1, -0.05) is 11.6 Å². The van der Waals surface area contributed by atoms with Crippen LogP contribution in [0.25, 0.3) is 0 Å².